The van der Waals surface area contributed by atoms with Gasteiger partial charge >= 0.3 is 12.0 Å². The third kappa shape index (κ3) is 5.99. The summed E-state index contributed by atoms with van der Waals surface area (Å²) < 4.78 is 16.1. The maximum absolute atomic E-state index is 13.2. The fourth-order valence-corrected chi connectivity index (χ4v) is 3.73. The Hall–Kier alpha value is -3.72. The molecule has 10 heteroatoms. The van der Waals surface area contributed by atoms with Crippen molar-refractivity contribution in [3.8, 4) is 11.5 Å². The topological polar surface area (TPSA) is 115 Å². The van der Waals surface area contributed by atoms with Gasteiger partial charge in [-0.3, -0.25) is 4.79 Å². The number of allylic oxidation sites excluding steroid dienone is 1. The van der Waals surface area contributed by atoms with Crippen LogP contribution < -0.4 is 25.4 Å². The number of para-hydroxylation sites is 1. The predicted octanol–water partition coefficient (Wildman–Crippen LogP) is 3.95. The van der Waals surface area contributed by atoms with Crippen molar-refractivity contribution in [2.45, 2.75) is 26.8 Å². The van der Waals surface area contributed by atoms with Gasteiger partial charge in [-0.2, -0.15) is 0 Å². The molecular weight excluding hydrogens is 462 g/mol. The highest BCUT2D eigenvalue weighted by atomic mass is 35.5. The van der Waals surface area contributed by atoms with E-state index in [4.69, 9.17) is 25.8 Å². The van der Waals surface area contributed by atoms with Crippen molar-refractivity contribution in [3.05, 3.63) is 64.3 Å². The van der Waals surface area contributed by atoms with Crippen molar-refractivity contribution in [2.24, 2.45) is 0 Å². The Morgan fingerprint density at radius 3 is 2.50 bits per heavy atom. The molecule has 1 heterocycles. The lowest BCUT2D eigenvalue weighted by Crippen LogP contribution is -2.46. The van der Waals surface area contributed by atoms with Crippen LogP contribution in [-0.2, 0) is 14.3 Å². The minimum absolute atomic E-state index is 0.151. The Bertz CT molecular complexity index is 1100. The summed E-state index contributed by atoms with van der Waals surface area (Å²) in [5.74, 6) is -0.508. The molecule has 3 rings (SSSR count). The molecule has 180 valence electrons. The number of amides is 3. The predicted molar refractivity (Wildman–Crippen MR) is 127 cm³/mol. The molecule has 0 bridgehead atoms. The van der Waals surface area contributed by atoms with Gasteiger partial charge in [-0.25, -0.2) is 9.59 Å². The lowest BCUT2D eigenvalue weighted by atomic mass is 9.94. The van der Waals surface area contributed by atoms with Crippen LogP contribution in [0.1, 0.15) is 32.4 Å². The second-order valence-corrected chi connectivity index (χ2v) is 7.65. The fourth-order valence-electron chi connectivity index (χ4n) is 3.46. The molecule has 3 amide bonds. The zero-order valence-electron chi connectivity index (χ0n) is 19.1. The van der Waals surface area contributed by atoms with Crippen molar-refractivity contribution in [1.82, 2.24) is 10.6 Å². The molecule has 0 unspecified atom stereocenters. The summed E-state index contributed by atoms with van der Waals surface area (Å²) in [4.78, 5) is 37.1. The number of hydrogen-bond acceptors (Lipinski definition) is 6. The van der Waals surface area contributed by atoms with Gasteiger partial charge in [0.15, 0.2) is 18.1 Å². The van der Waals surface area contributed by atoms with E-state index in [-0.39, 0.29) is 29.7 Å². The lowest BCUT2D eigenvalue weighted by Gasteiger charge is -2.29. The maximum Gasteiger partial charge on any atom is 0.344 e. The first kappa shape index (κ1) is 24.9. The first-order chi connectivity index (χ1) is 16.3. The van der Waals surface area contributed by atoms with Gasteiger partial charge in [0.05, 0.1) is 29.9 Å². The summed E-state index contributed by atoms with van der Waals surface area (Å²) in [7, 11) is 0. The summed E-state index contributed by atoms with van der Waals surface area (Å²) in [5, 5.41) is 8.39. The monoisotopic (exact) mass is 487 g/mol. The number of halogens is 1. The number of anilines is 1. The van der Waals surface area contributed by atoms with E-state index in [0.29, 0.717) is 29.1 Å². The molecular formula is C24H26ClN3O6. The Labute approximate surface area is 202 Å². The zero-order valence-corrected chi connectivity index (χ0v) is 19.8. The fraction of sp³-hybridized carbons (Fsp3) is 0.292. The normalized spacial score (nSPS) is 15.2. The summed E-state index contributed by atoms with van der Waals surface area (Å²) in [6.45, 7) is 5.30. The van der Waals surface area contributed by atoms with Crippen LogP contribution in [0.25, 0.3) is 0 Å². The van der Waals surface area contributed by atoms with E-state index in [9.17, 15) is 14.4 Å². The average Bonchev–Trinajstić information content (AvgIpc) is 2.78. The number of carbonyl (C=O) groups excluding carboxylic acids is 3. The maximum atomic E-state index is 13.2. The first-order valence-electron chi connectivity index (χ1n) is 10.7. The van der Waals surface area contributed by atoms with Crippen LogP contribution in [0.2, 0.25) is 5.02 Å². The van der Waals surface area contributed by atoms with Gasteiger partial charge in [-0.1, -0.05) is 29.8 Å². The molecule has 3 N–H and O–H groups in total. The lowest BCUT2D eigenvalue weighted by molar-refractivity contribution is -0.145. The molecule has 2 aromatic rings. The highest BCUT2D eigenvalue weighted by Gasteiger charge is 2.32. The third-order valence-electron chi connectivity index (χ3n) is 4.85. The molecule has 1 atom stereocenters. The first-order valence-corrected chi connectivity index (χ1v) is 11.1. The molecule has 0 fully saturated rings. The molecule has 0 saturated heterocycles. The molecule has 34 heavy (non-hydrogen) atoms. The molecule has 0 radical (unpaired) electrons. The van der Waals surface area contributed by atoms with Gasteiger partial charge in [-0.05, 0) is 50.6 Å². The van der Waals surface area contributed by atoms with Crippen LogP contribution in [0.15, 0.2) is 53.7 Å². The highest BCUT2D eigenvalue weighted by Crippen LogP contribution is 2.40. The SMILES string of the molecule is CCOC(=O)COc1c(Cl)cc([C@H]2NC(=O)NC(C)=C2C(=O)Nc2ccccc2)cc1OCC. The Morgan fingerprint density at radius 1 is 1.09 bits per heavy atom. The summed E-state index contributed by atoms with van der Waals surface area (Å²) in [6, 6.07) is 10.9. The molecule has 9 nitrogen and oxygen atoms in total. The number of carbonyl (C=O) groups is 3. The number of esters is 1. The number of ether oxygens (including phenoxy) is 3. The van der Waals surface area contributed by atoms with Crippen LogP contribution in [0.4, 0.5) is 10.5 Å². The molecule has 1 aliphatic heterocycles. The Morgan fingerprint density at radius 2 is 1.82 bits per heavy atom. The van der Waals surface area contributed by atoms with Gasteiger partial charge in [0.1, 0.15) is 0 Å². The number of benzene rings is 2. The van der Waals surface area contributed by atoms with E-state index in [2.05, 4.69) is 16.0 Å². The second kappa shape index (κ2) is 11.4. The molecule has 0 aliphatic carbocycles. The van der Waals surface area contributed by atoms with Crippen LogP contribution in [0.3, 0.4) is 0 Å². The van der Waals surface area contributed by atoms with Gasteiger partial charge in [0.2, 0.25) is 0 Å². The Balaban J connectivity index is 1.96. The molecule has 0 aromatic heterocycles. The van der Waals surface area contributed by atoms with Crippen LogP contribution in [-0.4, -0.2) is 37.7 Å². The molecule has 0 spiro atoms. The number of nitrogens with one attached hydrogen (secondary N) is 3. The minimum atomic E-state index is -0.812. The van der Waals surface area contributed by atoms with Crippen LogP contribution in [0, 0.1) is 0 Å². The molecule has 0 saturated carbocycles. The van der Waals surface area contributed by atoms with Crippen molar-refractivity contribution < 1.29 is 28.6 Å². The van der Waals surface area contributed by atoms with E-state index < -0.39 is 23.9 Å². The van der Waals surface area contributed by atoms with Crippen molar-refractivity contribution in [2.75, 3.05) is 25.1 Å². The standard InChI is InChI=1S/C24H26ClN3O6/c1-4-32-18-12-15(11-17(25)22(18)34-13-19(29)33-5-2)21-20(14(3)26-24(31)28-21)23(30)27-16-9-7-6-8-10-16/h6-12,21H,4-5,13H2,1-3H3,(H,27,30)(H2,26,28,31)/t21-/m1/s1. The van der Waals surface area contributed by atoms with Gasteiger partial charge in [0, 0.05) is 11.4 Å². The summed E-state index contributed by atoms with van der Waals surface area (Å²) in [5.41, 5.74) is 1.82. The summed E-state index contributed by atoms with van der Waals surface area (Å²) >= 11 is 6.48. The van der Waals surface area contributed by atoms with Crippen LogP contribution in [0.5, 0.6) is 11.5 Å². The van der Waals surface area contributed by atoms with Crippen molar-refractivity contribution >= 4 is 35.2 Å². The number of hydrogen-bond donors (Lipinski definition) is 3. The van der Waals surface area contributed by atoms with Crippen LogP contribution >= 0.6 is 11.6 Å². The Kier molecular flexibility index (Phi) is 8.37. The smallest absolute Gasteiger partial charge is 0.344 e. The van der Waals surface area contributed by atoms with E-state index in [1.165, 1.54) is 0 Å². The van der Waals surface area contributed by atoms with Gasteiger partial charge in [-0.15, -0.1) is 0 Å². The quantitative estimate of drug-likeness (QED) is 0.461. The van der Waals surface area contributed by atoms with E-state index >= 15 is 0 Å². The second-order valence-electron chi connectivity index (χ2n) is 7.25. The minimum Gasteiger partial charge on any atom is -0.490 e. The third-order valence-corrected chi connectivity index (χ3v) is 5.13. The summed E-state index contributed by atoms with van der Waals surface area (Å²) in [6.07, 6.45) is 0. The highest BCUT2D eigenvalue weighted by molar-refractivity contribution is 6.32. The average molecular weight is 488 g/mol. The van der Waals surface area contributed by atoms with Gasteiger partial charge < -0.3 is 30.2 Å². The zero-order chi connectivity index (χ0) is 24.7. The van der Waals surface area contributed by atoms with E-state index in [1.54, 1.807) is 57.2 Å². The van der Waals surface area contributed by atoms with Crippen molar-refractivity contribution in [3.63, 3.8) is 0 Å². The number of rotatable bonds is 9. The van der Waals surface area contributed by atoms with E-state index in [1.807, 2.05) is 6.07 Å². The molecule has 1 aliphatic rings. The van der Waals surface area contributed by atoms with Crippen molar-refractivity contribution in [1.29, 1.82) is 0 Å². The van der Waals surface area contributed by atoms with E-state index in [0.717, 1.165) is 0 Å². The molecule has 2 aromatic carbocycles. The van der Waals surface area contributed by atoms with Gasteiger partial charge in [0.25, 0.3) is 5.91 Å². The number of urea groups is 1. The largest absolute Gasteiger partial charge is 0.490 e.